The third kappa shape index (κ3) is 8.16. The topological polar surface area (TPSA) is 135 Å². The van der Waals surface area contributed by atoms with Crippen molar-refractivity contribution in [1.29, 1.82) is 5.26 Å². The van der Waals surface area contributed by atoms with Gasteiger partial charge in [0.05, 0.1) is 16.5 Å². The van der Waals surface area contributed by atoms with Crippen molar-refractivity contribution in [2.24, 2.45) is 0 Å². The number of hydrogen-bond acceptors (Lipinski definition) is 7. The monoisotopic (exact) mass is 535 g/mol. The van der Waals surface area contributed by atoms with Crippen molar-refractivity contribution in [3.05, 3.63) is 89.5 Å². The minimum absolute atomic E-state index is 0.0131. The molecule has 3 rings (SSSR count). The van der Waals surface area contributed by atoms with Gasteiger partial charge >= 0.3 is 5.97 Å². The number of carbonyl (C=O) groups excluding carboxylic acids is 2. The molecule has 0 unspecified atom stereocenters. The SMILES string of the molecule is Cc1ccc(S(=O)(=O)N[C@H](CNC(=O)c2ccc(Oc3ccc(C#N)cc3)cc2)C(=O)OC(C)(C)C)cc1. The number of nitrogens with one attached hydrogen (secondary N) is 2. The van der Waals surface area contributed by atoms with Crippen molar-refractivity contribution in [2.45, 2.75) is 44.2 Å². The normalized spacial score (nSPS) is 12.2. The van der Waals surface area contributed by atoms with E-state index in [4.69, 9.17) is 14.7 Å². The zero-order chi connectivity index (χ0) is 27.9. The Kier molecular flexibility index (Phi) is 8.88. The summed E-state index contributed by atoms with van der Waals surface area (Å²) >= 11 is 0. The van der Waals surface area contributed by atoms with E-state index >= 15 is 0 Å². The highest BCUT2D eigenvalue weighted by Crippen LogP contribution is 2.22. The number of benzene rings is 3. The van der Waals surface area contributed by atoms with Crippen molar-refractivity contribution in [1.82, 2.24) is 10.0 Å². The number of hydrogen-bond donors (Lipinski definition) is 2. The molecule has 1 amide bonds. The van der Waals surface area contributed by atoms with Gasteiger partial charge in [0.15, 0.2) is 0 Å². The third-order valence-electron chi connectivity index (χ3n) is 5.12. The molecule has 3 aromatic rings. The van der Waals surface area contributed by atoms with E-state index in [-0.39, 0.29) is 17.0 Å². The first-order valence-corrected chi connectivity index (χ1v) is 13.2. The number of rotatable bonds is 9. The predicted molar refractivity (Wildman–Crippen MR) is 141 cm³/mol. The van der Waals surface area contributed by atoms with Gasteiger partial charge in [0.25, 0.3) is 5.91 Å². The van der Waals surface area contributed by atoms with Crippen LogP contribution in [0.1, 0.15) is 42.3 Å². The van der Waals surface area contributed by atoms with Crippen LogP contribution in [0.2, 0.25) is 0 Å². The van der Waals surface area contributed by atoms with Crippen LogP contribution in [0.3, 0.4) is 0 Å². The van der Waals surface area contributed by atoms with E-state index < -0.39 is 33.5 Å². The molecule has 0 fully saturated rings. The summed E-state index contributed by atoms with van der Waals surface area (Å²) in [4.78, 5) is 25.5. The van der Waals surface area contributed by atoms with Crippen molar-refractivity contribution in [3.63, 3.8) is 0 Å². The van der Waals surface area contributed by atoms with Crippen LogP contribution in [0.4, 0.5) is 0 Å². The van der Waals surface area contributed by atoms with Gasteiger partial charge in [0.1, 0.15) is 23.1 Å². The summed E-state index contributed by atoms with van der Waals surface area (Å²) in [7, 11) is -4.07. The molecule has 0 aliphatic rings. The number of nitrogens with zero attached hydrogens (tertiary/aromatic N) is 1. The molecule has 10 heteroatoms. The fraction of sp³-hybridized carbons (Fsp3) is 0.250. The first kappa shape index (κ1) is 28.4. The molecular formula is C28H29N3O6S. The second kappa shape index (κ2) is 11.9. The fourth-order valence-electron chi connectivity index (χ4n) is 3.22. The maximum atomic E-state index is 12.9. The van der Waals surface area contributed by atoms with Gasteiger partial charge in [-0.15, -0.1) is 0 Å². The van der Waals surface area contributed by atoms with Crippen LogP contribution in [0.5, 0.6) is 11.5 Å². The Bertz CT molecular complexity index is 1420. The second-order valence-corrected chi connectivity index (χ2v) is 11.2. The van der Waals surface area contributed by atoms with Gasteiger partial charge in [-0.25, -0.2) is 8.42 Å². The molecule has 0 aliphatic carbocycles. The smallest absolute Gasteiger partial charge is 0.326 e. The highest BCUT2D eigenvalue weighted by atomic mass is 32.2. The standard InChI is InChI=1S/C28H29N3O6S/c1-19-5-15-24(16-6-19)38(34,35)31-25(27(33)37-28(2,3)4)18-30-26(32)21-9-13-23(14-10-21)36-22-11-7-20(17-29)8-12-22/h5-16,25,31H,18H2,1-4H3,(H,30,32)/t25-/m1/s1. The maximum Gasteiger partial charge on any atom is 0.326 e. The van der Waals surface area contributed by atoms with Gasteiger partial charge < -0.3 is 14.8 Å². The van der Waals surface area contributed by atoms with E-state index in [1.807, 2.05) is 13.0 Å². The summed E-state index contributed by atoms with van der Waals surface area (Å²) < 4.78 is 39.2. The van der Waals surface area contributed by atoms with Crippen LogP contribution in [-0.2, 0) is 19.6 Å². The van der Waals surface area contributed by atoms with Crippen LogP contribution < -0.4 is 14.8 Å². The molecule has 1 atom stereocenters. The Hall–Kier alpha value is -4.20. The number of sulfonamides is 1. The largest absolute Gasteiger partial charge is 0.459 e. The summed E-state index contributed by atoms with van der Waals surface area (Å²) in [5, 5.41) is 11.5. The van der Waals surface area contributed by atoms with Gasteiger partial charge in [-0.2, -0.15) is 9.98 Å². The first-order valence-electron chi connectivity index (χ1n) is 11.7. The zero-order valence-electron chi connectivity index (χ0n) is 21.5. The fourth-order valence-corrected chi connectivity index (χ4v) is 4.41. The quantitative estimate of drug-likeness (QED) is 0.394. The molecule has 3 aromatic carbocycles. The molecule has 0 saturated carbocycles. The van der Waals surface area contributed by atoms with Crippen LogP contribution in [-0.4, -0.2) is 38.5 Å². The van der Waals surface area contributed by atoms with E-state index in [1.165, 1.54) is 24.3 Å². The number of esters is 1. The van der Waals surface area contributed by atoms with Gasteiger partial charge in [0, 0.05) is 12.1 Å². The lowest BCUT2D eigenvalue weighted by Gasteiger charge is -2.24. The molecular weight excluding hydrogens is 506 g/mol. The average molecular weight is 536 g/mol. The molecule has 9 nitrogen and oxygen atoms in total. The lowest BCUT2D eigenvalue weighted by Crippen LogP contribution is -2.50. The highest BCUT2D eigenvalue weighted by molar-refractivity contribution is 7.89. The summed E-state index contributed by atoms with van der Waals surface area (Å²) in [6.45, 7) is 6.49. The second-order valence-electron chi connectivity index (χ2n) is 9.49. The first-order chi connectivity index (χ1) is 17.9. The molecule has 0 radical (unpaired) electrons. The minimum atomic E-state index is -4.07. The van der Waals surface area contributed by atoms with Crippen molar-refractivity contribution in [2.75, 3.05) is 6.54 Å². The molecule has 0 bridgehead atoms. The van der Waals surface area contributed by atoms with Crippen molar-refractivity contribution >= 4 is 21.9 Å². The zero-order valence-corrected chi connectivity index (χ0v) is 22.3. The number of carbonyl (C=O) groups is 2. The minimum Gasteiger partial charge on any atom is -0.459 e. The van der Waals surface area contributed by atoms with Crippen molar-refractivity contribution < 1.29 is 27.5 Å². The van der Waals surface area contributed by atoms with Gasteiger partial charge in [-0.3, -0.25) is 9.59 Å². The Morgan fingerprint density at radius 1 is 0.921 bits per heavy atom. The Balaban J connectivity index is 1.69. The van der Waals surface area contributed by atoms with Gasteiger partial charge in [-0.05, 0) is 88.4 Å². The molecule has 38 heavy (non-hydrogen) atoms. The molecule has 0 aromatic heterocycles. The Morgan fingerprint density at radius 3 is 2.00 bits per heavy atom. The van der Waals surface area contributed by atoms with E-state index in [9.17, 15) is 18.0 Å². The number of amides is 1. The van der Waals surface area contributed by atoms with Crippen LogP contribution in [0, 0.1) is 18.3 Å². The van der Waals surface area contributed by atoms with Gasteiger partial charge in [0.2, 0.25) is 10.0 Å². The molecule has 0 spiro atoms. The molecule has 0 heterocycles. The third-order valence-corrected chi connectivity index (χ3v) is 6.61. The summed E-state index contributed by atoms with van der Waals surface area (Å²) in [5.41, 5.74) is 0.810. The van der Waals surface area contributed by atoms with E-state index in [1.54, 1.807) is 69.3 Å². The molecule has 0 aliphatic heterocycles. The molecule has 2 N–H and O–H groups in total. The Labute approximate surface area is 222 Å². The summed E-state index contributed by atoms with van der Waals surface area (Å²) in [5.74, 6) is -0.330. The van der Waals surface area contributed by atoms with E-state index in [0.29, 0.717) is 17.1 Å². The number of ether oxygens (including phenoxy) is 2. The van der Waals surface area contributed by atoms with Crippen LogP contribution in [0.25, 0.3) is 0 Å². The van der Waals surface area contributed by atoms with E-state index in [2.05, 4.69) is 10.0 Å². The van der Waals surface area contributed by atoms with E-state index in [0.717, 1.165) is 5.56 Å². The van der Waals surface area contributed by atoms with Gasteiger partial charge in [-0.1, -0.05) is 17.7 Å². The lowest BCUT2D eigenvalue weighted by atomic mass is 10.2. The lowest BCUT2D eigenvalue weighted by molar-refractivity contribution is -0.156. The summed E-state index contributed by atoms with van der Waals surface area (Å²) in [6.07, 6.45) is 0. The van der Waals surface area contributed by atoms with Crippen molar-refractivity contribution in [3.8, 4) is 17.6 Å². The van der Waals surface area contributed by atoms with Crippen LogP contribution in [0.15, 0.2) is 77.7 Å². The number of nitriles is 1. The maximum absolute atomic E-state index is 12.9. The average Bonchev–Trinajstić information content (AvgIpc) is 2.86. The molecule has 0 saturated heterocycles. The highest BCUT2D eigenvalue weighted by Gasteiger charge is 2.30. The summed E-state index contributed by atoms with van der Waals surface area (Å²) in [6, 6.07) is 19.7. The predicted octanol–water partition coefficient (Wildman–Crippen LogP) is 4.08. The van der Waals surface area contributed by atoms with Crippen LogP contribution >= 0.6 is 0 Å². The number of aryl methyl sites for hydroxylation is 1. The Morgan fingerprint density at radius 2 is 1.47 bits per heavy atom. The molecule has 198 valence electrons.